The fraction of sp³-hybridized carbons (Fsp3) is 0.538. The van der Waals surface area contributed by atoms with Crippen molar-refractivity contribution < 1.29 is 14.6 Å². The molecule has 1 saturated heterocycles. The van der Waals surface area contributed by atoms with Crippen LogP contribution in [0.1, 0.15) is 31.1 Å². The van der Waals surface area contributed by atoms with Crippen molar-refractivity contribution in [3.63, 3.8) is 0 Å². The molecule has 1 aromatic carbocycles. The standard InChI is InChI=1S/C13H18O3/c1-13(2)15-9-12(16-13)11-5-3-4-10(8-11)6-7-14/h3-5,8,12,14H,6-7,9H2,1-2H3. The zero-order chi connectivity index (χ0) is 11.6. The van der Waals surface area contributed by atoms with Crippen LogP contribution in [0, 0.1) is 0 Å². The lowest BCUT2D eigenvalue weighted by atomic mass is 10.0. The van der Waals surface area contributed by atoms with E-state index in [-0.39, 0.29) is 12.7 Å². The largest absolute Gasteiger partial charge is 0.396 e. The summed E-state index contributed by atoms with van der Waals surface area (Å²) >= 11 is 0. The maximum Gasteiger partial charge on any atom is 0.163 e. The molecular weight excluding hydrogens is 204 g/mol. The normalized spacial score (nSPS) is 23.6. The molecular formula is C13H18O3. The number of hydrogen-bond donors (Lipinski definition) is 1. The van der Waals surface area contributed by atoms with Crippen LogP contribution in [-0.2, 0) is 15.9 Å². The Morgan fingerprint density at radius 2 is 2.25 bits per heavy atom. The van der Waals surface area contributed by atoms with Crippen LogP contribution in [0.2, 0.25) is 0 Å². The van der Waals surface area contributed by atoms with E-state index in [0.717, 1.165) is 11.1 Å². The number of benzene rings is 1. The second-order valence-corrected chi connectivity index (χ2v) is 4.54. The first kappa shape index (κ1) is 11.6. The average molecular weight is 222 g/mol. The third-order valence-corrected chi connectivity index (χ3v) is 2.73. The van der Waals surface area contributed by atoms with Gasteiger partial charge in [-0.3, -0.25) is 0 Å². The lowest BCUT2D eigenvalue weighted by molar-refractivity contribution is -0.139. The van der Waals surface area contributed by atoms with Crippen molar-refractivity contribution >= 4 is 0 Å². The average Bonchev–Trinajstić information content (AvgIpc) is 2.60. The highest BCUT2D eigenvalue weighted by Crippen LogP contribution is 2.32. The van der Waals surface area contributed by atoms with Gasteiger partial charge in [0.05, 0.1) is 6.61 Å². The molecule has 3 heteroatoms. The number of aliphatic hydroxyl groups is 1. The van der Waals surface area contributed by atoms with E-state index in [1.165, 1.54) is 0 Å². The maximum atomic E-state index is 8.90. The summed E-state index contributed by atoms with van der Waals surface area (Å²) in [5.74, 6) is -0.488. The molecule has 0 spiro atoms. The molecule has 1 aliphatic heterocycles. The summed E-state index contributed by atoms with van der Waals surface area (Å²) in [5.41, 5.74) is 2.25. The van der Waals surface area contributed by atoms with Crippen molar-refractivity contribution in [2.75, 3.05) is 13.2 Å². The van der Waals surface area contributed by atoms with E-state index in [4.69, 9.17) is 14.6 Å². The van der Waals surface area contributed by atoms with Gasteiger partial charge in [0.2, 0.25) is 0 Å². The van der Waals surface area contributed by atoms with Crippen LogP contribution in [0.4, 0.5) is 0 Å². The molecule has 1 heterocycles. The summed E-state index contributed by atoms with van der Waals surface area (Å²) in [4.78, 5) is 0. The van der Waals surface area contributed by atoms with E-state index in [0.29, 0.717) is 13.0 Å². The molecule has 1 aromatic rings. The van der Waals surface area contributed by atoms with Gasteiger partial charge in [0.25, 0.3) is 0 Å². The van der Waals surface area contributed by atoms with Gasteiger partial charge in [-0.25, -0.2) is 0 Å². The van der Waals surface area contributed by atoms with Crippen molar-refractivity contribution in [3.05, 3.63) is 35.4 Å². The Morgan fingerprint density at radius 3 is 2.88 bits per heavy atom. The third kappa shape index (κ3) is 2.61. The van der Waals surface area contributed by atoms with Gasteiger partial charge in [-0.1, -0.05) is 24.3 Å². The molecule has 0 aromatic heterocycles. The molecule has 0 aliphatic carbocycles. The quantitative estimate of drug-likeness (QED) is 0.850. The third-order valence-electron chi connectivity index (χ3n) is 2.73. The van der Waals surface area contributed by atoms with Gasteiger partial charge in [-0.05, 0) is 31.4 Å². The summed E-state index contributed by atoms with van der Waals surface area (Å²) in [6.07, 6.45) is 0.693. The topological polar surface area (TPSA) is 38.7 Å². The minimum atomic E-state index is -0.488. The predicted octanol–water partition coefficient (Wildman–Crippen LogP) is 2.05. The first-order valence-corrected chi connectivity index (χ1v) is 5.62. The molecule has 0 bridgehead atoms. The predicted molar refractivity (Wildman–Crippen MR) is 61.1 cm³/mol. The van der Waals surface area contributed by atoms with Crippen molar-refractivity contribution in [3.8, 4) is 0 Å². The summed E-state index contributed by atoms with van der Waals surface area (Å²) < 4.78 is 11.3. The number of ether oxygens (including phenoxy) is 2. The molecule has 0 radical (unpaired) electrons. The summed E-state index contributed by atoms with van der Waals surface area (Å²) in [5, 5.41) is 8.90. The van der Waals surface area contributed by atoms with Crippen LogP contribution in [0.25, 0.3) is 0 Å². The van der Waals surface area contributed by atoms with Gasteiger partial charge >= 0.3 is 0 Å². The first-order chi connectivity index (χ1) is 7.61. The van der Waals surface area contributed by atoms with Crippen molar-refractivity contribution in [1.82, 2.24) is 0 Å². The van der Waals surface area contributed by atoms with Gasteiger partial charge in [0.15, 0.2) is 5.79 Å². The molecule has 0 saturated carbocycles. The second-order valence-electron chi connectivity index (χ2n) is 4.54. The molecule has 3 nitrogen and oxygen atoms in total. The smallest absolute Gasteiger partial charge is 0.163 e. The van der Waals surface area contributed by atoms with Crippen molar-refractivity contribution in [2.45, 2.75) is 32.2 Å². The fourth-order valence-corrected chi connectivity index (χ4v) is 1.93. The first-order valence-electron chi connectivity index (χ1n) is 5.62. The molecule has 1 atom stereocenters. The minimum absolute atomic E-state index is 0.00800. The molecule has 0 amide bonds. The van der Waals surface area contributed by atoms with Gasteiger partial charge < -0.3 is 14.6 Å². The van der Waals surface area contributed by atoms with E-state index in [1.807, 2.05) is 32.0 Å². The lowest BCUT2D eigenvalue weighted by Gasteiger charge is -2.17. The monoisotopic (exact) mass is 222 g/mol. The Kier molecular flexibility index (Phi) is 3.28. The van der Waals surface area contributed by atoms with Crippen LogP contribution in [0.3, 0.4) is 0 Å². The Bertz CT molecular complexity index is 360. The highest BCUT2D eigenvalue weighted by Gasteiger charge is 2.33. The highest BCUT2D eigenvalue weighted by molar-refractivity contribution is 5.26. The maximum absolute atomic E-state index is 8.90. The van der Waals surface area contributed by atoms with Crippen molar-refractivity contribution in [2.24, 2.45) is 0 Å². The zero-order valence-corrected chi connectivity index (χ0v) is 9.77. The SMILES string of the molecule is CC1(C)OCC(c2cccc(CCO)c2)O1. The molecule has 1 N–H and O–H groups in total. The Balaban J connectivity index is 2.12. The van der Waals surface area contributed by atoms with Crippen LogP contribution in [-0.4, -0.2) is 24.1 Å². The van der Waals surface area contributed by atoms with Gasteiger partial charge in [0, 0.05) is 6.61 Å². The molecule has 1 aliphatic rings. The minimum Gasteiger partial charge on any atom is -0.396 e. The van der Waals surface area contributed by atoms with Crippen LogP contribution in [0.15, 0.2) is 24.3 Å². The van der Waals surface area contributed by atoms with E-state index < -0.39 is 5.79 Å². The molecule has 16 heavy (non-hydrogen) atoms. The summed E-state index contributed by atoms with van der Waals surface area (Å²) in [6, 6.07) is 8.12. The molecule has 88 valence electrons. The summed E-state index contributed by atoms with van der Waals surface area (Å²) in [7, 11) is 0. The van der Waals surface area contributed by atoms with Gasteiger partial charge in [-0.2, -0.15) is 0 Å². The number of hydrogen-bond acceptors (Lipinski definition) is 3. The molecule has 1 unspecified atom stereocenters. The van der Waals surface area contributed by atoms with E-state index in [2.05, 4.69) is 6.07 Å². The number of rotatable bonds is 3. The van der Waals surface area contributed by atoms with E-state index in [9.17, 15) is 0 Å². The fourth-order valence-electron chi connectivity index (χ4n) is 1.93. The van der Waals surface area contributed by atoms with E-state index in [1.54, 1.807) is 0 Å². The Morgan fingerprint density at radius 1 is 1.44 bits per heavy atom. The van der Waals surface area contributed by atoms with E-state index >= 15 is 0 Å². The number of aliphatic hydroxyl groups excluding tert-OH is 1. The van der Waals surface area contributed by atoms with Crippen LogP contribution >= 0.6 is 0 Å². The summed E-state index contributed by atoms with van der Waals surface area (Å²) in [6.45, 7) is 4.61. The molecule has 1 fully saturated rings. The van der Waals surface area contributed by atoms with Crippen molar-refractivity contribution in [1.29, 1.82) is 0 Å². The Labute approximate surface area is 96.0 Å². The lowest BCUT2D eigenvalue weighted by Crippen LogP contribution is -2.19. The van der Waals surface area contributed by atoms with Crippen LogP contribution < -0.4 is 0 Å². The zero-order valence-electron chi connectivity index (χ0n) is 9.77. The molecule has 2 rings (SSSR count). The van der Waals surface area contributed by atoms with Gasteiger partial charge in [-0.15, -0.1) is 0 Å². The highest BCUT2D eigenvalue weighted by atomic mass is 16.7. The van der Waals surface area contributed by atoms with Crippen LogP contribution in [0.5, 0.6) is 0 Å². The Hall–Kier alpha value is -0.900. The van der Waals surface area contributed by atoms with Gasteiger partial charge in [0.1, 0.15) is 6.10 Å². The second kappa shape index (κ2) is 4.53.